The fourth-order valence-corrected chi connectivity index (χ4v) is 1.27. The highest BCUT2D eigenvalue weighted by Gasteiger charge is 2.00. The van der Waals surface area contributed by atoms with Crippen molar-refractivity contribution in [3.8, 4) is 5.75 Å². The first-order valence-corrected chi connectivity index (χ1v) is 5.97. The van der Waals surface area contributed by atoms with Gasteiger partial charge in [0, 0.05) is 0 Å². The van der Waals surface area contributed by atoms with Crippen molar-refractivity contribution >= 4 is 0 Å². The van der Waals surface area contributed by atoms with Gasteiger partial charge in [0.25, 0.3) is 0 Å². The third-order valence-corrected chi connectivity index (χ3v) is 2.01. The molecular formula is C13H23NO3. The molecule has 0 unspecified atom stereocenters. The van der Waals surface area contributed by atoms with Gasteiger partial charge in [-0.1, -0.05) is 19.9 Å². The van der Waals surface area contributed by atoms with E-state index in [2.05, 4.69) is 0 Å². The van der Waals surface area contributed by atoms with Crippen LogP contribution in [0.25, 0.3) is 0 Å². The maximum atomic E-state index is 9.00. The van der Waals surface area contributed by atoms with Crippen molar-refractivity contribution in [1.82, 2.24) is 0 Å². The van der Waals surface area contributed by atoms with Crippen molar-refractivity contribution in [1.29, 1.82) is 0 Å². The fraction of sp³-hybridized carbons (Fsp3) is 0.538. The minimum atomic E-state index is -0.0545. The molecule has 0 spiro atoms. The third-order valence-electron chi connectivity index (χ3n) is 2.01. The summed E-state index contributed by atoms with van der Waals surface area (Å²) in [4.78, 5) is 0. The first kappa shape index (κ1) is 15.9. The SMILES string of the molecule is CC.NCCCOc1cc(CO)cc(CO)c1. The van der Waals surface area contributed by atoms with E-state index >= 15 is 0 Å². The van der Waals surface area contributed by atoms with Crippen LogP contribution in [0.4, 0.5) is 0 Å². The van der Waals surface area contributed by atoms with Crippen LogP contribution in [-0.4, -0.2) is 23.4 Å². The van der Waals surface area contributed by atoms with E-state index < -0.39 is 0 Å². The van der Waals surface area contributed by atoms with Crippen molar-refractivity contribution in [2.24, 2.45) is 5.73 Å². The zero-order valence-corrected chi connectivity index (χ0v) is 10.6. The molecule has 0 aliphatic carbocycles. The molecule has 1 aromatic carbocycles. The Balaban J connectivity index is 0.00000121. The fourth-order valence-electron chi connectivity index (χ4n) is 1.27. The predicted molar refractivity (Wildman–Crippen MR) is 68.8 cm³/mol. The van der Waals surface area contributed by atoms with Crippen molar-refractivity contribution in [3.63, 3.8) is 0 Å². The highest BCUT2D eigenvalue weighted by molar-refractivity contribution is 5.33. The summed E-state index contributed by atoms with van der Waals surface area (Å²) < 4.78 is 5.43. The Bertz CT molecular complexity index is 280. The van der Waals surface area contributed by atoms with E-state index in [-0.39, 0.29) is 13.2 Å². The monoisotopic (exact) mass is 241 g/mol. The molecular weight excluding hydrogens is 218 g/mol. The van der Waals surface area contributed by atoms with Crippen LogP contribution in [0.3, 0.4) is 0 Å². The van der Waals surface area contributed by atoms with Gasteiger partial charge in [0.15, 0.2) is 0 Å². The van der Waals surface area contributed by atoms with E-state index in [9.17, 15) is 0 Å². The second-order valence-corrected chi connectivity index (χ2v) is 3.29. The molecule has 4 N–H and O–H groups in total. The molecule has 17 heavy (non-hydrogen) atoms. The summed E-state index contributed by atoms with van der Waals surface area (Å²) in [6.45, 7) is 5.03. The average molecular weight is 241 g/mol. The molecule has 0 aliphatic rings. The number of hydrogen-bond acceptors (Lipinski definition) is 4. The lowest BCUT2D eigenvalue weighted by Gasteiger charge is -2.08. The van der Waals surface area contributed by atoms with Gasteiger partial charge in [0.2, 0.25) is 0 Å². The van der Waals surface area contributed by atoms with Gasteiger partial charge in [0.05, 0.1) is 19.8 Å². The molecule has 98 valence electrons. The van der Waals surface area contributed by atoms with Gasteiger partial charge in [0.1, 0.15) is 5.75 Å². The minimum Gasteiger partial charge on any atom is -0.494 e. The van der Waals surface area contributed by atoms with Gasteiger partial charge in [-0.3, -0.25) is 0 Å². The van der Waals surface area contributed by atoms with E-state index in [0.29, 0.717) is 18.9 Å². The topological polar surface area (TPSA) is 75.7 Å². The highest BCUT2D eigenvalue weighted by atomic mass is 16.5. The molecule has 0 heterocycles. The Morgan fingerprint density at radius 3 is 2.00 bits per heavy atom. The number of nitrogens with two attached hydrogens (primary N) is 1. The summed E-state index contributed by atoms with van der Waals surface area (Å²) in [5.41, 5.74) is 6.82. The number of rotatable bonds is 6. The summed E-state index contributed by atoms with van der Waals surface area (Å²) in [6.07, 6.45) is 0.789. The summed E-state index contributed by atoms with van der Waals surface area (Å²) in [6, 6.07) is 5.27. The van der Waals surface area contributed by atoms with Crippen LogP contribution in [0.5, 0.6) is 5.75 Å². The van der Waals surface area contributed by atoms with Crippen molar-refractivity contribution in [2.45, 2.75) is 33.5 Å². The zero-order valence-electron chi connectivity index (χ0n) is 10.6. The molecule has 0 saturated carbocycles. The van der Waals surface area contributed by atoms with Crippen molar-refractivity contribution in [3.05, 3.63) is 29.3 Å². The average Bonchev–Trinajstić information content (AvgIpc) is 2.41. The first-order chi connectivity index (χ1) is 8.30. The lowest BCUT2D eigenvalue weighted by molar-refractivity contribution is 0.270. The Morgan fingerprint density at radius 1 is 1.06 bits per heavy atom. The van der Waals surface area contributed by atoms with E-state index in [4.69, 9.17) is 20.7 Å². The van der Waals surface area contributed by atoms with Crippen LogP contribution in [0.15, 0.2) is 18.2 Å². The Kier molecular flexibility index (Phi) is 9.43. The summed E-state index contributed by atoms with van der Waals surface area (Å²) >= 11 is 0. The number of ether oxygens (including phenoxy) is 1. The molecule has 0 saturated heterocycles. The smallest absolute Gasteiger partial charge is 0.120 e. The Morgan fingerprint density at radius 2 is 1.59 bits per heavy atom. The number of hydrogen-bond donors (Lipinski definition) is 3. The quantitative estimate of drug-likeness (QED) is 0.658. The summed E-state index contributed by atoms with van der Waals surface area (Å²) in [7, 11) is 0. The van der Waals surface area contributed by atoms with Gasteiger partial charge in [-0.25, -0.2) is 0 Å². The first-order valence-electron chi connectivity index (χ1n) is 5.97. The molecule has 4 nitrogen and oxygen atoms in total. The Hall–Kier alpha value is -1.10. The van der Waals surface area contributed by atoms with E-state index in [0.717, 1.165) is 17.5 Å². The molecule has 0 radical (unpaired) electrons. The highest BCUT2D eigenvalue weighted by Crippen LogP contribution is 2.17. The predicted octanol–water partition coefficient (Wildman–Crippen LogP) is 1.43. The number of aliphatic hydroxyl groups is 2. The second-order valence-electron chi connectivity index (χ2n) is 3.29. The largest absolute Gasteiger partial charge is 0.494 e. The molecule has 0 bridgehead atoms. The molecule has 0 aliphatic heterocycles. The molecule has 0 fully saturated rings. The lowest BCUT2D eigenvalue weighted by atomic mass is 10.1. The number of benzene rings is 1. The standard InChI is InChI=1S/C11H17NO3.C2H6/c12-2-1-3-15-11-5-9(7-13)4-10(6-11)8-14;1-2/h4-6,13-14H,1-3,7-8,12H2;1-2H3. The van der Waals surface area contributed by atoms with Crippen LogP contribution in [0, 0.1) is 0 Å². The molecule has 0 amide bonds. The number of aliphatic hydroxyl groups excluding tert-OH is 2. The minimum absolute atomic E-state index is 0.0545. The van der Waals surface area contributed by atoms with Gasteiger partial charge in [-0.2, -0.15) is 0 Å². The van der Waals surface area contributed by atoms with Gasteiger partial charge in [-0.05, 0) is 36.2 Å². The van der Waals surface area contributed by atoms with E-state index in [1.165, 1.54) is 0 Å². The molecule has 4 heteroatoms. The van der Waals surface area contributed by atoms with Crippen LogP contribution >= 0.6 is 0 Å². The van der Waals surface area contributed by atoms with E-state index in [1.54, 1.807) is 18.2 Å². The summed E-state index contributed by atoms with van der Waals surface area (Å²) in [5, 5.41) is 18.0. The van der Waals surface area contributed by atoms with Crippen LogP contribution in [-0.2, 0) is 13.2 Å². The van der Waals surface area contributed by atoms with Crippen LogP contribution < -0.4 is 10.5 Å². The third kappa shape index (κ3) is 6.26. The van der Waals surface area contributed by atoms with Gasteiger partial charge >= 0.3 is 0 Å². The maximum Gasteiger partial charge on any atom is 0.120 e. The van der Waals surface area contributed by atoms with Crippen molar-refractivity contribution < 1.29 is 14.9 Å². The zero-order chi connectivity index (χ0) is 13.1. The second kappa shape index (κ2) is 10.1. The Labute approximate surface area is 103 Å². The lowest BCUT2D eigenvalue weighted by Crippen LogP contribution is -2.06. The summed E-state index contributed by atoms with van der Waals surface area (Å²) in [5.74, 6) is 0.666. The van der Waals surface area contributed by atoms with Gasteiger partial charge < -0.3 is 20.7 Å². The maximum absolute atomic E-state index is 9.00. The molecule has 0 aromatic heterocycles. The molecule has 1 aromatic rings. The van der Waals surface area contributed by atoms with Crippen molar-refractivity contribution in [2.75, 3.05) is 13.2 Å². The van der Waals surface area contributed by atoms with Crippen LogP contribution in [0.2, 0.25) is 0 Å². The molecule has 1 rings (SSSR count). The van der Waals surface area contributed by atoms with Crippen LogP contribution in [0.1, 0.15) is 31.4 Å². The normalized spacial score (nSPS) is 9.47. The van der Waals surface area contributed by atoms with Gasteiger partial charge in [-0.15, -0.1) is 0 Å². The molecule has 0 atom stereocenters. The van der Waals surface area contributed by atoms with E-state index in [1.807, 2.05) is 13.8 Å².